The van der Waals surface area contributed by atoms with E-state index in [0.717, 1.165) is 23.5 Å². The summed E-state index contributed by atoms with van der Waals surface area (Å²) in [4.78, 5) is 1.33. The molecule has 0 radical (unpaired) electrons. The van der Waals surface area contributed by atoms with Gasteiger partial charge in [-0.25, -0.2) is 0 Å². The van der Waals surface area contributed by atoms with E-state index in [9.17, 15) is 0 Å². The zero-order chi connectivity index (χ0) is 13.0. The minimum Gasteiger partial charge on any atom is -0.396 e. The Morgan fingerprint density at radius 2 is 2.28 bits per heavy atom. The molecule has 1 aromatic carbocycles. The summed E-state index contributed by atoms with van der Waals surface area (Å²) in [5.74, 6) is 0. The number of aliphatic hydroxyl groups is 1. The van der Waals surface area contributed by atoms with Crippen LogP contribution in [-0.4, -0.2) is 23.0 Å². The first-order valence-corrected chi connectivity index (χ1v) is 8.15. The second-order valence-corrected chi connectivity index (χ2v) is 7.24. The molecule has 2 nitrogen and oxygen atoms in total. The van der Waals surface area contributed by atoms with Gasteiger partial charge in [0.25, 0.3) is 0 Å². The molecule has 1 aliphatic rings. The number of hydrogen-bond donors (Lipinski definition) is 2. The number of benzene rings is 1. The van der Waals surface area contributed by atoms with Crippen molar-refractivity contribution in [3.63, 3.8) is 0 Å². The van der Waals surface area contributed by atoms with E-state index in [0.29, 0.717) is 5.25 Å². The van der Waals surface area contributed by atoms with E-state index in [1.54, 1.807) is 0 Å². The molecule has 0 aliphatic heterocycles. The van der Waals surface area contributed by atoms with E-state index in [-0.39, 0.29) is 6.61 Å². The average molecular weight is 330 g/mol. The zero-order valence-electron chi connectivity index (χ0n) is 10.7. The summed E-state index contributed by atoms with van der Waals surface area (Å²) in [6.07, 6.45) is 3.48. The molecule has 1 fully saturated rings. The molecule has 0 amide bonds. The Hall–Kier alpha value is -0.0300. The molecule has 1 aromatic rings. The predicted molar refractivity (Wildman–Crippen MR) is 81.0 cm³/mol. The van der Waals surface area contributed by atoms with Gasteiger partial charge in [0, 0.05) is 33.8 Å². The highest BCUT2D eigenvalue weighted by Gasteiger charge is 2.20. The SMILES string of the molecule is CC(CCO)Sc1ccc(Br)cc1CNC1CC1. The van der Waals surface area contributed by atoms with Crippen molar-refractivity contribution in [3.05, 3.63) is 28.2 Å². The van der Waals surface area contributed by atoms with Crippen LogP contribution in [0.25, 0.3) is 0 Å². The van der Waals surface area contributed by atoms with E-state index in [2.05, 4.69) is 46.4 Å². The van der Waals surface area contributed by atoms with Crippen molar-refractivity contribution in [1.82, 2.24) is 5.32 Å². The highest BCUT2D eigenvalue weighted by Crippen LogP contribution is 2.31. The molecule has 2 N–H and O–H groups in total. The third-order valence-corrected chi connectivity index (χ3v) is 4.83. The molecule has 0 heterocycles. The first-order valence-electron chi connectivity index (χ1n) is 6.48. The average Bonchev–Trinajstić information content (AvgIpc) is 3.14. The molecule has 1 atom stereocenters. The van der Waals surface area contributed by atoms with Crippen LogP contribution in [0.5, 0.6) is 0 Å². The van der Waals surface area contributed by atoms with Crippen molar-refractivity contribution in [1.29, 1.82) is 0 Å². The van der Waals surface area contributed by atoms with Crippen molar-refractivity contribution in [3.8, 4) is 0 Å². The van der Waals surface area contributed by atoms with E-state index in [4.69, 9.17) is 5.11 Å². The van der Waals surface area contributed by atoms with Gasteiger partial charge < -0.3 is 10.4 Å². The maximum Gasteiger partial charge on any atom is 0.0441 e. The lowest BCUT2D eigenvalue weighted by Gasteiger charge is -2.14. The second kappa shape index (κ2) is 6.94. The van der Waals surface area contributed by atoms with E-state index in [1.807, 2.05) is 11.8 Å². The lowest BCUT2D eigenvalue weighted by molar-refractivity contribution is 0.289. The second-order valence-electron chi connectivity index (χ2n) is 4.85. The number of hydrogen-bond acceptors (Lipinski definition) is 3. The molecule has 2 rings (SSSR count). The van der Waals surface area contributed by atoms with E-state index in [1.165, 1.54) is 23.3 Å². The van der Waals surface area contributed by atoms with Crippen LogP contribution < -0.4 is 5.32 Å². The number of aliphatic hydroxyl groups excluding tert-OH is 1. The van der Waals surface area contributed by atoms with Crippen molar-refractivity contribution in [2.24, 2.45) is 0 Å². The Labute approximate surface area is 122 Å². The first kappa shape index (κ1) is 14.4. The van der Waals surface area contributed by atoms with Gasteiger partial charge in [-0.15, -0.1) is 11.8 Å². The van der Waals surface area contributed by atoms with Crippen molar-refractivity contribution >= 4 is 27.7 Å². The maximum atomic E-state index is 8.98. The van der Waals surface area contributed by atoms with Gasteiger partial charge in [0.1, 0.15) is 0 Å². The van der Waals surface area contributed by atoms with Crippen LogP contribution in [0.3, 0.4) is 0 Å². The van der Waals surface area contributed by atoms with Crippen molar-refractivity contribution < 1.29 is 5.11 Å². The molecule has 0 spiro atoms. The van der Waals surface area contributed by atoms with Crippen LogP contribution in [0.1, 0.15) is 31.7 Å². The fourth-order valence-corrected chi connectivity index (χ4v) is 3.29. The minimum absolute atomic E-state index is 0.264. The first-order chi connectivity index (χ1) is 8.69. The maximum absolute atomic E-state index is 8.98. The van der Waals surface area contributed by atoms with Gasteiger partial charge in [-0.05, 0) is 43.0 Å². The molecule has 0 bridgehead atoms. The summed E-state index contributed by atoms with van der Waals surface area (Å²) in [6.45, 7) is 3.37. The van der Waals surface area contributed by atoms with Gasteiger partial charge in [-0.3, -0.25) is 0 Å². The molecule has 0 aromatic heterocycles. The zero-order valence-corrected chi connectivity index (χ0v) is 13.1. The molecule has 1 saturated carbocycles. The van der Waals surface area contributed by atoms with Gasteiger partial charge in [-0.2, -0.15) is 0 Å². The van der Waals surface area contributed by atoms with Crippen LogP contribution in [0.2, 0.25) is 0 Å². The van der Waals surface area contributed by atoms with Crippen molar-refractivity contribution in [2.45, 2.75) is 48.9 Å². The third kappa shape index (κ3) is 4.57. The smallest absolute Gasteiger partial charge is 0.0441 e. The number of nitrogens with one attached hydrogen (secondary N) is 1. The Bertz CT molecular complexity index is 395. The Morgan fingerprint density at radius 3 is 2.94 bits per heavy atom. The molecule has 18 heavy (non-hydrogen) atoms. The fraction of sp³-hybridized carbons (Fsp3) is 0.571. The summed E-state index contributed by atoms with van der Waals surface area (Å²) in [5.41, 5.74) is 1.35. The van der Waals surface area contributed by atoms with E-state index < -0.39 is 0 Å². The number of thioether (sulfide) groups is 1. The molecular weight excluding hydrogens is 310 g/mol. The van der Waals surface area contributed by atoms with Crippen LogP contribution >= 0.6 is 27.7 Å². The van der Waals surface area contributed by atoms with Gasteiger partial charge in [0.2, 0.25) is 0 Å². The normalized spacial score (nSPS) is 16.8. The Balaban J connectivity index is 2.01. The largest absolute Gasteiger partial charge is 0.396 e. The van der Waals surface area contributed by atoms with Gasteiger partial charge >= 0.3 is 0 Å². The summed E-state index contributed by atoms with van der Waals surface area (Å²) in [7, 11) is 0. The summed E-state index contributed by atoms with van der Waals surface area (Å²) < 4.78 is 1.13. The van der Waals surface area contributed by atoms with Crippen molar-refractivity contribution in [2.75, 3.05) is 6.61 Å². The Kier molecular flexibility index (Phi) is 5.55. The fourth-order valence-electron chi connectivity index (χ4n) is 1.80. The van der Waals surface area contributed by atoms with Crippen LogP contribution in [0, 0.1) is 0 Å². The van der Waals surface area contributed by atoms with Gasteiger partial charge in [0.15, 0.2) is 0 Å². The molecule has 100 valence electrons. The molecule has 4 heteroatoms. The Morgan fingerprint density at radius 1 is 1.50 bits per heavy atom. The highest BCUT2D eigenvalue weighted by atomic mass is 79.9. The summed E-state index contributed by atoms with van der Waals surface area (Å²) in [6, 6.07) is 7.20. The van der Waals surface area contributed by atoms with Gasteiger partial charge in [0.05, 0.1) is 0 Å². The monoisotopic (exact) mass is 329 g/mol. The summed E-state index contributed by atoms with van der Waals surface area (Å²) in [5, 5.41) is 13.0. The van der Waals surface area contributed by atoms with Crippen LogP contribution in [0.15, 0.2) is 27.6 Å². The number of rotatable bonds is 7. The third-order valence-electron chi connectivity index (χ3n) is 3.04. The van der Waals surface area contributed by atoms with Crippen LogP contribution in [0.4, 0.5) is 0 Å². The molecule has 1 unspecified atom stereocenters. The van der Waals surface area contributed by atoms with E-state index >= 15 is 0 Å². The molecule has 1 aliphatic carbocycles. The predicted octanol–water partition coefficient (Wildman–Crippen LogP) is 3.56. The number of halogens is 1. The minimum atomic E-state index is 0.264. The van der Waals surface area contributed by atoms with Gasteiger partial charge in [-0.1, -0.05) is 22.9 Å². The summed E-state index contributed by atoms with van der Waals surface area (Å²) >= 11 is 5.39. The molecule has 0 saturated heterocycles. The lowest BCUT2D eigenvalue weighted by Crippen LogP contribution is -2.16. The highest BCUT2D eigenvalue weighted by molar-refractivity contribution is 9.10. The van der Waals surface area contributed by atoms with Crippen LogP contribution in [-0.2, 0) is 6.54 Å². The topological polar surface area (TPSA) is 32.3 Å². The molecular formula is C14H20BrNOS. The standard InChI is InChI=1S/C14H20BrNOS/c1-10(6-7-17)18-14-5-2-12(15)8-11(14)9-16-13-3-4-13/h2,5,8,10,13,16-17H,3-4,6-7,9H2,1H3. The lowest BCUT2D eigenvalue weighted by atomic mass is 10.2. The quantitative estimate of drug-likeness (QED) is 0.750.